The molecule has 1 aromatic carbocycles. The standard InChI is InChI=1S/C13H12N4.ClH/c1-2-4-10(5-3-1)12-14-7-6-11(17-12)13-15-8-9-16-13;/h1-9,13,15-16H;1H. The Balaban J connectivity index is 0.00000120. The fraction of sp³-hybridized carbons (Fsp3) is 0.0769. The summed E-state index contributed by atoms with van der Waals surface area (Å²) in [7, 11) is 0. The Bertz CT molecular complexity index is 534. The minimum absolute atomic E-state index is 0. The molecule has 92 valence electrons. The lowest BCUT2D eigenvalue weighted by molar-refractivity contribution is 0.588. The molecule has 1 aromatic heterocycles. The van der Waals surface area contributed by atoms with Gasteiger partial charge in [0.05, 0.1) is 5.69 Å². The van der Waals surface area contributed by atoms with Gasteiger partial charge in [-0.1, -0.05) is 30.3 Å². The fourth-order valence-corrected chi connectivity index (χ4v) is 1.77. The van der Waals surface area contributed by atoms with Gasteiger partial charge in [-0.3, -0.25) is 0 Å². The number of aromatic nitrogens is 2. The number of benzene rings is 1. The van der Waals surface area contributed by atoms with Crippen LogP contribution in [0.5, 0.6) is 0 Å². The third-order valence-corrected chi connectivity index (χ3v) is 2.61. The van der Waals surface area contributed by atoms with Crippen LogP contribution in [0.15, 0.2) is 55.0 Å². The maximum absolute atomic E-state index is 4.55. The van der Waals surface area contributed by atoms with Gasteiger partial charge in [-0.05, 0) is 6.07 Å². The van der Waals surface area contributed by atoms with Gasteiger partial charge in [-0.15, -0.1) is 12.4 Å². The second-order valence-electron chi connectivity index (χ2n) is 3.77. The van der Waals surface area contributed by atoms with Gasteiger partial charge in [0.15, 0.2) is 5.82 Å². The molecule has 0 saturated heterocycles. The largest absolute Gasteiger partial charge is 0.365 e. The van der Waals surface area contributed by atoms with Crippen LogP contribution in [-0.2, 0) is 0 Å². The molecule has 3 rings (SSSR count). The molecule has 0 aliphatic carbocycles. The van der Waals surface area contributed by atoms with Gasteiger partial charge in [0, 0.05) is 24.2 Å². The third-order valence-electron chi connectivity index (χ3n) is 2.61. The molecule has 0 fully saturated rings. The molecule has 0 unspecified atom stereocenters. The van der Waals surface area contributed by atoms with Crippen molar-refractivity contribution in [1.29, 1.82) is 0 Å². The first-order valence-electron chi connectivity index (χ1n) is 5.49. The average Bonchev–Trinajstić information content (AvgIpc) is 2.94. The lowest BCUT2D eigenvalue weighted by atomic mass is 10.2. The summed E-state index contributed by atoms with van der Waals surface area (Å²) in [5.74, 6) is 0.749. The summed E-state index contributed by atoms with van der Waals surface area (Å²) in [6, 6.07) is 11.9. The van der Waals surface area contributed by atoms with Gasteiger partial charge in [0.25, 0.3) is 0 Å². The van der Waals surface area contributed by atoms with E-state index in [1.165, 1.54) is 0 Å². The summed E-state index contributed by atoms with van der Waals surface area (Å²) < 4.78 is 0. The Kier molecular flexibility index (Phi) is 3.79. The third kappa shape index (κ3) is 2.43. The Morgan fingerprint density at radius 3 is 2.39 bits per heavy atom. The van der Waals surface area contributed by atoms with Crippen LogP contribution in [0.1, 0.15) is 11.9 Å². The second-order valence-corrected chi connectivity index (χ2v) is 3.77. The van der Waals surface area contributed by atoms with Crippen LogP contribution in [0, 0.1) is 0 Å². The van der Waals surface area contributed by atoms with Gasteiger partial charge in [0.2, 0.25) is 0 Å². The summed E-state index contributed by atoms with van der Waals surface area (Å²) >= 11 is 0. The molecule has 2 N–H and O–H groups in total. The first-order valence-corrected chi connectivity index (χ1v) is 5.49. The molecule has 1 aliphatic rings. The lowest BCUT2D eigenvalue weighted by Crippen LogP contribution is -2.22. The Hall–Kier alpha value is -2.07. The molecule has 4 nitrogen and oxygen atoms in total. The van der Waals surface area contributed by atoms with E-state index in [4.69, 9.17) is 0 Å². The second kappa shape index (κ2) is 5.51. The van der Waals surface area contributed by atoms with Crippen LogP contribution >= 0.6 is 12.4 Å². The van der Waals surface area contributed by atoms with Gasteiger partial charge in [-0.2, -0.15) is 0 Å². The SMILES string of the molecule is C1=CNC(c2ccnc(-c3ccccc3)n2)N1.Cl. The highest BCUT2D eigenvalue weighted by Crippen LogP contribution is 2.16. The first-order chi connectivity index (χ1) is 8.43. The van der Waals surface area contributed by atoms with E-state index >= 15 is 0 Å². The van der Waals surface area contributed by atoms with Crippen LogP contribution in [0.4, 0.5) is 0 Å². The highest BCUT2D eigenvalue weighted by atomic mass is 35.5. The highest BCUT2D eigenvalue weighted by Gasteiger charge is 2.13. The normalized spacial score (nSPS) is 13.6. The molecule has 0 radical (unpaired) electrons. The molecule has 5 heteroatoms. The maximum Gasteiger partial charge on any atom is 0.159 e. The molecular formula is C13H13ClN4. The van der Waals surface area contributed by atoms with E-state index in [0.717, 1.165) is 17.1 Å². The van der Waals surface area contributed by atoms with Crippen LogP contribution in [-0.4, -0.2) is 9.97 Å². The van der Waals surface area contributed by atoms with Crippen LogP contribution in [0.3, 0.4) is 0 Å². The zero-order valence-corrected chi connectivity index (χ0v) is 10.4. The molecule has 0 saturated carbocycles. The molecule has 0 atom stereocenters. The smallest absolute Gasteiger partial charge is 0.159 e. The summed E-state index contributed by atoms with van der Waals surface area (Å²) in [6.45, 7) is 0. The van der Waals surface area contributed by atoms with Crippen LogP contribution in [0.25, 0.3) is 11.4 Å². The van der Waals surface area contributed by atoms with Crippen molar-refractivity contribution in [3.05, 3.63) is 60.7 Å². The van der Waals surface area contributed by atoms with Crippen molar-refractivity contribution in [3.63, 3.8) is 0 Å². The molecule has 0 bridgehead atoms. The number of nitrogens with zero attached hydrogens (tertiary/aromatic N) is 2. The molecule has 0 amide bonds. The predicted octanol–water partition coefficient (Wildman–Crippen LogP) is 2.23. The Morgan fingerprint density at radius 1 is 0.944 bits per heavy atom. The summed E-state index contributed by atoms with van der Waals surface area (Å²) in [4.78, 5) is 8.84. The molecule has 2 aromatic rings. The van der Waals surface area contributed by atoms with Crippen LogP contribution < -0.4 is 10.6 Å². The van der Waals surface area contributed by atoms with Crippen molar-refractivity contribution in [3.8, 4) is 11.4 Å². The average molecular weight is 261 g/mol. The van der Waals surface area contributed by atoms with Crippen molar-refractivity contribution in [2.75, 3.05) is 0 Å². The number of halogens is 1. The van der Waals surface area contributed by atoms with Crippen molar-refractivity contribution in [1.82, 2.24) is 20.6 Å². The van der Waals surface area contributed by atoms with E-state index in [1.807, 2.05) is 48.8 Å². The highest BCUT2D eigenvalue weighted by molar-refractivity contribution is 5.85. The zero-order valence-electron chi connectivity index (χ0n) is 9.58. The number of hydrogen-bond acceptors (Lipinski definition) is 4. The number of hydrogen-bond donors (Lipinski definition) is 2. The molecule has 18 heavy (non-hydrogen) atoms. The van der Waals surface area contributed by atoms with Gasteiger partial charge >= 0.3 is 0 Å². The Labute approximate surface area is 112 Å². The predicted molar refractivity (Wildman–Crippen MR) is 72.9 cm³/mol. The zero-order chi connectivity index (χ0) is 11.5. The summed E-state index contributed by atoms with van der Waals surface area (Å²) in [5, 5.41) is 6.34. The summed E-state index contributed by atoms with van der Waals surface area (Å²) in [6.07, 6.45) is 5.57. The number of nitrogens with one attached hydrogen (secondary N) is 2. The van der Waals surface area contributed by atoms with Crippen molar-refractivity contribution < 1.29 is 0 Å². The van der Waals surface area contributed by atoms with E-state index in [-0.39, 0.29) is 18.6 Å². The van der Waals surface area contributed by atoms with Crippen molar-refractivity contribution >= 4 is 12.4 Å². The molecule has 1 aliphatic heterocycles. The van der Waals surface area contributed by atoms with E-state index in [9.17, 15) is 0 Å². The monoisotopic (exact) mass is 260 g/mol. The molecule has 2 heterocycles. The van der Waals surface area contributed by atoms with E-state index in [0.29, 0.717) is 0 Å². The molecule has 0 spiro atoms. The van der Waals surface area contributed by atoms with E-state index < -0.39 is 0 Å². The maximum atomic E-state index is 4.55. The lowest BCUT2D eigenvalue weighted by Gasteiger charge is -2.12. The molecular weight excluding hydrogens is 248 g/mol. The van der Waals surface area contributed by atoms with Gasteiger partial charge < -0.3 is 10.6 Å². The van der Waals surface area contributed by atoms with Gasteiger partial charge in [0.1, 0.15) is 6.17 Å². The van der Waals surface area contributed by atoms with E-state index in [2.05, 4.69) is 20.6 Å². The quantitative estimate of drug-likeness (QED) is 0.869. The van der Waals surface area contributed by atoms with Gasteiger partial charge in [-0.25, -0.2) is 9.97 Å². The topological polar surface area (TPSA) is 49.8 Å². The minimum atomic E-state index is 0. The fourth-order valence-electron chi connectivity index (χ4n) is 1.77. The first kappa shape index (κ1) is 12.4. The van der Waals surface area contributed by atoms with Crippen LogP contribution in [0.2, 0.25) is 0 Å². The van der Waals surface area contributed by atoms with Crippen molar-refractivity contribution in [2.45, 2.75) is 6.17 Å². The minimum Gasteiger partial charge on any atom is -0.365 e. The number of rotatable bonds is 2. The van der Waals surface area contributed by atoms with E-state index in [1.54, 1.807) is 6.20 Å². The summed E-state index contributed by atoms with van der Waals surface area (Å²) in [5.41, 5.74) is 1.96. The van der Waals surface area contributed by atoms with Crippen molar-refractivity contribution in [2.24, 2.45) is 0 Å². The Morgan fingerprint density at radius 2 is 1.67 bits per heavy atom.